The van der Waals surface area contributed by atoms with E-state index in [-0.39, 0.29) is 0 Å². The maximum atomic E-state index is 2.51. The van der Waals surface area contributed by atoms with Crippen LogP contribution in [-0.2, 0) is 0 Å². The Bertz CT molecular complexity index is 2950. The van der Waals surface area contributed by atoms with Gasteiger partial charge >= 0.3 is 0 Å². The molecule has 0 radical (unpaired) electrons. The molecule has 11 rings (SSSR count). The van der Waals surface area contributed by atoms with E-state index in [2.05, 4.69) is 241 Å². The van der Waals surface area contributed by atoms with Crippen molar-refractivity contribution in [2.24, 2.45) is 0 Å². The fourth-order valence-electron chi connectivity index (χ4n) is 9.59. The second-order valence-corrected chi connectivity index (χ2v) is 18.9. The van der Waals surface area contributed by atoms with E-state index in [0.29, 0.717) is 0 Å². The molecule has 0 amide bonds. The van der Waals surface area contributed by atoms with E-state index >= 15 is 0 Å². The molecule has 2 heteroatoms. The van der Waals surface area contributed by atoms with Crippen LogP contribution in [0.15, 0.2) is 237 Å². The van der Waals surface area contributed by atoms with Crippen molar-refractivity contribution in [1.82, 2.24) is 0 Å². The van der Waals surface area contributed by atoms with Crippen LogP contribution < -0.4 is 25.6 Å². The molecule has 0 atom stereocenters. The van der Waals surface area contributed by atoms with Gasteiger partial charge in [-0.3, -0.25) is 0 Å². The molecule has 58 heavy (non-hydrogen) atoms. The molecular weight excluding hydrogens is 715 g/mol. The molecule has 0 saturated carbocycles. The molecule has 0 aliphatic carbocycles. The summed E-state index contributed by atoms with van der Waals surface area (Å²) in [4.78, 5) is 2.51. The zero-order valence-corrected chi connectivity index (χ0v) is 33.0. The lowest BCUT2D eigenvalue weighted by Gasteiger charge is -2.34. The summed E-state index contributed by atoms with van der Waals surface area (Å²) in [5, 5.41) is 10.9. The summed E-state index contributed by atoms with van der Waals surface area (Å²) in [5.74, 6) is 0. The van der Waals surface area contributed by atoms with Gasteiger partial charge in [-0.2, -0.15) is 0 Å². The molecular formula is C56H39NSi. The third-order valence-corrected chi connectivity index (χ3v) is 17.1. The van der Waals surface area contributed by atoms with E-state index in [1.165, 1.54) is 81.4 Å². The average Bonchev–Trinajstić information content (AvgIpc) is 3.64. The van der Waals surface area contributed by atoms with Crippen molar-refractivity contribution in [2.45, 2.75) is 0 Å². The van der Waals surface area contributed by atoms with Crippen molar-refractivity contribution in [1.29, 1.82) is 0 Å². The SMILES string of the molecule is c1ccc(-c2ccc(N(c3ccc(-c4ccccc4)cc3)c3cc4ccccc4c4c3-c3ccc5ccccc5c3[Si]4(c3ccccc3)c3ccccc3)cc2)cc1. The van der Waals surface area contributed by atoms with Gasteiger partial charge in [-0.05, 0) is 100 Å². The molecule has 0 N–H and O–H groups in total. The van der Waals surface area contributed by atoms with Gasteiger partial charge in [0.25, 0.3) is 0 Å². The highest BCUT2D eigenvalue weighted by molar-refractivity contribution is 7.24. The predicted octanol–water partition coefficient (Wildman–Crippen LogP) is 12.2. The Hall–Kier alpha value is -7.26. The molecule has 1 nitrogen and oxygen atoms in total. The van der Waals surface area contributed by atoms with E-state index in [4.69, 9.17) is 0 Å². The Kier molecular flexibility index (Phi) is 8.23. The summed E-state index contributed by atoms with van der Waals surface area (Å²) in [6.45, 7) is 0. The van der Waals surface area contributed by atoms with E-state index in [0.717, 1.165) is 11.4 Å². The third-order valence-electron chi connectivity index (χ3n) is 12.1. The highest BCUT2D eigenvalue weighted by Crippen LogP contribution is 2.46. The number of hydrogen-bond donors (Lipinski definition) is 0. The summed E-state index contributed by atoms with van der Waals surface area (Å²) in [6, 6.07) is 87.7. The molecule has 0 saturated heterocycles. The number of hydrogen-bond acceptors (Lipinski definition) is 1. The van der Waals surface area contributed by atoms with Crippen LogP contribution >= 0.6 is 0 Å². The zero-order valence-electron chi connectivity index (χ0n) is 32.0. The summed E-state index contributed by atoms with van der Waals surface area (Å²) in [6.07, 6.45) is 0. The molecule has 10 aromatic carbocycles. The molecule has 0 bridgehead atoms. The lowest BCUT2D eigenvalue weighted by Crippen LogP contribution is -2.73. The minimum atomic E-state index is -2.97. The Morgan fingerprint density at radius 1 is 0.310 bits per heavy atom. The minimum Gasteiger partial charge on any atom is -0.310 e. The number of anilines is 3. The van der Waals surface area contributed by atoms with Gasteiger partial charge in [0, 0.05) is 16.9 Å². The topological polar surface area (TPSA) is 3.24 Å². The lowest BCUT2D eigenvalue weighted by molar-refractivity contribution is 1.29. The van der Waals surface area contributed by atoms with E-state index in [9.17, 15) is 0 Å². The molecule has 0 spiro atoms. The smallest absolute Gasteiger partial charge is 0.182 e. The first-order valence-corrected chi connectivity index (χ1v) is 22.1. The Morgan fingerprint density at radius 3 is 1.24 bits per heavy atom. The maximum absolute atomic E-state index is 2.97. The summed E-state index contributed by atoms with van der Waals surface area (Å²) in [5.41, 5.74) is 10.9. The molecule has 272 valence electrons. The quantitative estimate of drug-likeness (QED) is 0.147. The number of benzene rings is 10. The van der Waals surface area contributed by atoms with E-state index in [1.807, 2.05) is 0 Å². The van der Waals surface area contributed by atoms with Crippen molar-refractivity contribution in [2.75, 3.05) is 4.90 Å². The first-order valence-electron chi connectivity index (χ1n) is 20.1. The zero-order chi connectivity index (χ0) is 38.5. The second kappa shape index (κ2) is 14.0. The van der Waals surface area contributed by atoms with Crippen LogP contribution in [0.25, 0.3) is 54.9 Å². The van der Waals surface area contributed by atoms with Crippen molar-refractivity contribution >= 4 is 67.4 Å². The van der Waals surface area contributed by atoms with Crippen molar-refractivity contribution < 1.29 is 0 Å². The third kappa shape index (κ3) is 5.38. The van der Waals surface area contributed by atoms with Crippen LogP contribution in [0.3, 0.4) is 0 Å². The van der Waals surface area contributed by atoms with Crippen LogP contribution in [0.5, 0.6) is 0 Å². The summed E-state index contributed by atoms with van der Waals surface area (Å²) >= 11 is 0. The van der Waals surface area contributed by atoms with Crippen LogP contribution in [0.2, 0.25) is 0 Å². The fourth-order valence-corrected chi connectivity index (χ4v) is 15.2. The standard InChI is InChI=1S/C56H39NSi/c1-5-17-40(18-6-1)42-29-34-46(35-30-42)57(47-36-31-43(32-37-47)41-19-7-2-8-20-41)53-39-45-22-14-16-28-51(45)56-54(53)52-38-33-44-21-13-15-27-50(44)55(52)58(56,48-23-9-3-10-24-48)49-25-11-4-12-26-49/h1-39H. The van der Waals surface area contributed by atoms with Gasteiger partial charge in [0.05, 0.1) is 5.69 Å². The van der Waals surface area contributed by atoms with Crippen molar-refractivity contribution in [3.63, 3.8) is 0 Å². The molecule has 0 unspecified atom stereocenters. The van der Waals surface area contributed by atoms with Crippen molar-refractivity contribution in [3.8, 4) is 33.4 Å². The fraction of sp³-hybridized carbons (Fsp3) is 0. The Balaban J connectivity index is 1.27. The van der Waals surface area contributed by atoms with Crippen LogP contribution in [-0.4, -0.2) is 8.07 Å². The largest absolute Gasteiger partial charge is 0.310 e. The van der Waals surface area contributed by atoms with E-state index < -0.39 is 8.07 Å². The molecule has 10 aromatic rings. The van der Waals surface area contributed by atoms with Gasteiger partial charge in [0.15, 0.2) is 8.07 Å². The van der Waals surface area contributed by atoms with Crippen molar-refractivity contribution in [3.05, 3.63) is 237 Å². The van der Waals surface area contributed by atoms with Crippen LogP contribution in [0.1, 0.15) is 0 Å². The Labute approximate surface area is 340 Å². The summed E-state index contributed by atoms with van der Waals surface area (Å²) < 4.78 is 0. The number of rotatable bonds is 7. The molecule has 0 aromatic heterocycles. The first kappa shape index (κ1) is 34.0. The predicted molar refractivity (Wildman–Crippen MR) is 250 cm³/mol. The highest BCUT2D eigenvalue weighted by atomic mass is 28.3. The van der Waals surface area contributed by atoms with Gasteiger partial charge in [0.1, 0.15) is 0 Å². The first-order chi connectivity index (χ1) is 28.8. The highest BCUT2D eigenvalue weighted by Gasteiger charge is 2.51. The summed E-state index contributed by atoms with van der Waals surface area (Å²) in [7, 11) is -2.97. The van der Waals surface area contributed by atoms with Gasteiger partial charge in [-0.25, -0.2) is 0 Å². The number of nitrogens with zero attached hydrogens (tertiary/aromatic N) is 1. The van der Waals surface area contributed by atoms with Crippen LogP contribution in [0, 0.1) is 0 Å². The molecule has 1 aliphatic rings. The monoisotopic (exact) mass is 753 g/mol. The molecule has 1 aliphatic heterocycles. The maximum Gasteiger partial charge on any atom is 0.182 e. The molecule has 1 heterocycles. The lowest BCUT2D eigenvalue weighted by atomic mass is 9.95. The van der Waals surface area contributed by atoms with E-state index in [1.54, 1.807) is 0 Å². The molecule has 0 fully saturated rings. The minimum absolute atomic E-state index is 1.12. The van der Waals surface area contributed by atoms with Gasteiger partial charge in [0.2, 0.25) is 0 Å². The van der Waals surface area contributed by atoms with Gasteiger partial charge < -0.3 is 4.90 Å². The normalized spacial score (nSPS) is 12.6. The van der Waals surface area contributed by atoms with Gasteiger partial charge in [-0.15, -0.1) is 0 Å². The second-order valence-electron chi connectivity index (χ2n) is 15.2. The van der Waals surface area contributed by atoms with Gasteiger partial charge in [-0.1, -0.05) is 206 Å². The Morgan fingerprint density at radius 2 is 0.724 bits per heavy atom. The average molecular weight is 754 g/mol. The van der Waals surface area contributed by atoms with Crippen LogP contribution in [0.4, 0.5) is 17.1 Å². The number of fused-ring (bicyclic) bond motifs is 7.